The second-order valence-corrected chi connectivity index (χ2v) is 5.62. The van der Waals surface area contributed by atoms with Gasteiger partial charge >= 0.3 is 6.18 Å². The maximum Gasteiger partial charge on any atom is 0.411 e. The number of thioether (sulfide) groups is 1. The molecule has 0 aromatic heterocycles. The van der Waals surface area contributed by atoms with E-state index in [1.165, 1.54) is 5.56 Å². The van der Waals surface area contributed by atoms with Gasteiger partial charge in [0.05, 0.1) is 0 Å². The maximum atomic E-state index is 11.8. The van der Waals surface area contributed by atoms with Gasteiger partial charge in [0.25, 0.3) is 0 Å². The maximum absolute atomic E-state index is 11.8. The van der Waals surface area contributed by atoms with E-state index in [2.05, 4.69) is 29.1 Å². The molecule has 0 radical (unpaired) electrons. The summed E-state index contributed by atoms with van der Waals surface area (Å²) in [6.07, 6.45) is -3.62. The predicted molar refractivity (Wildman–Crippen MR) is 76.1 cm³/mol. The lowest BCUT2D eigenvalue weighted by Crippen LogP contribution is -2.17. The highest BCUT2D eigenvalue weighted by Crippen LogP contribution is 2.21. The van der Waals surface area contributed by atoms with Crippen LogP contribution in [0, 0.1) is 0 Å². The van der Waals surface area contributed by atoms with Crippen molar-refractivity contribution in [1.82, 2.24) is 5.32 Å². The summed E-state index contributed by atoms with van der Waals surface area (Å²) in [5.41, 5.74) is 1.21. The molecule has 0 amide bonds. The molecule has 0 aliphatic rings. The fraction of sp³-hybridized carbons (Fsp3) is 0.571. The van der Waals surface area contributed by atoms with Crippen LogP contribution in [0.15, 0.2) is 29.2 Å². The van der Waals surface area contributed by atoms with E-state index in [0.29, 0.717) is 12.5 Å². The van der Waals surface area contributed by atoms with Crippen molar-refractivity contribution in [2.24, 2.45) is 0 Å². The van der Waals surface area contributed by atoms with Crippen LogP contribution >= 0.6 is 11.8 Å². The molecule has 1 atom stereocenters. The van der Waals surface area contributed by atoms with E-state index in [1.54, 1.807) is 11.8 Å². The van der Waals surface area contributed by atoms with E-state index in [4.69, 9.17) is 0 Å². The summed E-state index contributed by atoms with van der Waals surface area (Å²) >= 11 is 1.62. The zero-order valence-electron chi connectivity index (χ0n) is 11.7. The quantitative estimate of drug-likeness (QED) is 0.579. The normalized spacial score (nSPS) is 13.4. The summed E-state index contributed by atoms with van der Waals surface area (Å²) in [7, 11) is 1.91. The molecule has 114 valence electrons. The first kappa shape index (κ1) is 17.3. The minimum absolute atomic E-state index is 0.140. The van der Waals surface area contributed by atoms with Gasteiger partial charge in [-0.05, 0) is 38.1 Å². The van der Waals surface area contributed by atoms with Crippen LogP contribution in [-0.4, -0.2) is 32.2 Å². The van der Waals surface area contributed by atoms with Crippen LogP contribution in [0.1, 0.15) is 24.9 Å². The molecule has 0 spiro atoms. The van der Waals surface area contributed by atoms with Crippen LogP contribution in [0.25, 0.3) is 0 Å². The zero-order valence-corrected chi connectivity index (χ0v) is 12.5. The predicted octanol–water partition coefficient (Wildman–Crippen LogP) is 4.03. The first-order valence-electron chi connectivity index (χ1n) is 6.47. The van der Waals surface area contributed by atoms with Crippen molar-refractivity contribution in [2.75, 3.05) is 26.0 Å². The molecule has 0 fully saturated rings. The lowest BCUT2D eigenvalue weighted by Gasteiger charge is -2.11. The molecule has 2 nitrogen and oxygen atoms in total. The Morgan fingerprint density at radius 1 is 1.25 bits per heavy atom. The van der Waals surface area contributed by atoms with Crippen molar-refractivity contribution in [2.45, 2.75) is 30.5 Å². The van der Waals surface area contributed by atoms with E-state index in [9.17, 15) is 13.2 Å². The third-order valence-electron chi connectivity index (χ3n) is 2.78. The Bertz CT molecular complexity index is 381. The lowest BCUT2D eigenvalue weighted by atomic mass is 10.1. The highest BCUT2D eigenvalue weighted by atomic mass is 32.2. The molecule has 1 unspecified atom stereocenters. The van der Waals surface area contributed by atoms with Crippen molar-refractivity contribution in [3.8, 4) is 0 Å². The molecule has 1 aromatic rings. The highest BCUT2D eigenvalue weighted by Gasteiger charge is 2.27. The van der Waals surface area contributed by atoms with E-state index in [-0.39, 0.29) is 6.61 Å². The summed E-state index contributed by atoms with van der Waals surface area (Å²) in [6.45, 7) is 1.07. The Balaban J connectivity index is 2.19. The molecule has 1 rings (SSSR count). The Labute approximate surface area is 122 Å². The number of hydrogen-bond acceptors (Lipinski definition) is 3. The van der Waals surface area contributed by atoms with Gasteiger partial charge in [-0.2, -0.15) is 13.2 Å². The molecule has 0 aliphatic carbocycles. The second-order valence-electron chi connectivity index (χ2n) is 4.45. The fourth-order valence-corrected chi connectivity index (χ4v) is 2.38. The summed E-state index contributed by atoms with van der Waals surface area (Å²) in [4.78, 5) is 1.12. The number of benzene rings is 1. The van der Waals surface area contributed by atoms with Crippen molar-refractivity contribution in [1.29, 1.82) is 0 Å². The van der Waals surface area contributed by atoms with Gasteiger partial charge in [0.15, 0.2) is 0 Å². The molecule has 0 saturated carbocycles. The zero-order chi connectivity index (χ0) is 15.0. The molecular formula is C14H20F3NOS. The summed E-state index contributed by atoms with van der Waals surface area (Å²) in [5, 5.41) is 3.16. The van der Waals surface area contributed by atoms with Crippen LogP contribution in [-0.2, 0) is 4.74 Å². The molecule has 1 aromatic carbocycles. The molecule has 1 N–H and O–H groups in total. The van der Waals surface area contributed by atoms with Crippen LogP contribution < -0.4 is 5.32 Å². The van der Waals surface area contributed by atoms with Gasteiger partial charge in [-0.3, -0.25) is 0 Å². The monoisotopic (exact) mass is 307 g/mol. The summed E-state index contributed by atoms with van der Waals surface area (Å²) < 4.78 is 40.0. The minimum atomic E-state index is -4.23. The SMILES string of the molecule is CNC(C)c1ccc(SCCCOCC(F)(F)F)cc1. The van der Waals surface area contributed by atoms with Crippen LogP contribution in [0.4, 0.5) is 13.2 Å². The smallest absolute Gasteiger partial charge is 0.372 e. The molecule has 0 saturated heterocycles. The van der Waals surface area contributed by atoms with Crippen LogP contribution in [0.2, 0.25) is 0 Å². The topological polar surface area (TPSA) is 21.3 Å². The van der Waals surface area contributed by atoms with Crippen molar-refractivity contribution < 1.29 is 17.9 Å². The summed E-state index contributed by atoms with van der Waals surface area (Å²) in [5.74, 6) is 0.749. The Morgan fingerprint density at radius 2 is 1.90 bits per heavy atom. The molecule has 20 heavy (non-hydrogen) atoms. The highest BCUT2D eigenvalue weighted by molar-refractivity contribution is 7.99. The lowest BCUT2D eigenvalue weighted by molar-refractivity contribution is -0.173. The Kier molecular flexibility index (Phi) is 7.40. The van der Waals surface area contributed by atoms with Gasteiger partial charge in [-0.25, -0.2) is 0 Å². The third kappa shape index (κ3) is 7.17. The first-order valence-corrected chi connectivity index (χ1v) is 7.45. The van der Waals surface area contributed by atoms with E-state index in [1.807, 2.05) is 19.2 Å². The summed E-state index contributed by atoms with van der Waals surface area (Å²) in [6, 6.07) is 8.49. The van der Waals surface area contributed by atoms with Crippen LogP contribution in [0.3, 0.4) is 0 Å². The molecular weight excluding hydrogens is 287 g/mol. The van der Waals surface area contributed by atoms with Crippen molar-refractivity contribution in [3.63, 3.8) is 0 Å². The standard InChI is InChI=1S/C14H20F3NOS/c1-11(18-2)12-4-6-13(7-5-12)20-9-3-8-19-10-14(15,16)17/h4-7,11,18H,3,8-10H2,1-2H3. The van der Waals surface area contributed by atoms with E-state index < -0.39 is 12.8 Å². The molecule has 0 heterocycles. The number of alkyl halides is 3. The van der Waals surface area contributed by atoms with Gasteiger partial charge in [0.2, 0.25) is 0 Å². The van der Waals surface area contributed by atoms with Crippen molar-refractivity contribution >= 4 is 11.8 Å². The number of halogens is 3. The van der Waals surface area contributed by atoms with Gasteiger partial charge in [-0.15, -0.1) is 11.8 Å². The number of ether oxygens (including phenoxy) is 1. The second kappa shape index (κ2) is 8.54. The largest absolute Gasteiger partial charge is 0.411 e. The minimum Gasteiger partial charge on any atom is -0.372 e. The average molecular weight is 307 g/mol. The first-order chi connectivity index (χ1) is 9.42. The number of hydrogen-bond donors (Lipinski definition) is 1. The van der Waals surface area contributed by atoms with Crippen LogP contribution in [0.5, 0.6) is 0 Å². The molecule has 6 heteroatoms. The third-order valence-corrected chi connectivity index (χ3v) is 3.88. The fourth-order valence-electron chi connectivity index (χ4n) is 1.56. The van der Waals surface area contributed by atoms with Crippen molar-refractivity contribution in [3.05, 3.63) is 29.8 Å². The van der Waals surface area contributed by atoms with Gasteiger partial charge < -0.3 is 10.1 Å². The van der Waals surface area contributed by atoms with Gasteiger partial charge in [0, 0.05) is 23.3 Å². The number of rotatable bonds is 8. The Hall–Kier alpha value is -0.720. The average Bonchev–Trinajstić information content (AvgIpc) is 2.41. The molecule has 0 bridgehead atoms. The Morgan fingerprint density at radius 3 is 2.45 bits per heavy atom. The van der Waals surface area contributed by atoms with Gasteiger partial charge in [-0.1, -0.05) is 12.1 Å². The van der Waals surface area contributed by atoms with Gasteiger partial charge in [0.1, 0.15) is 6.61 Å². The van der Waals surface area contributed by atoms with E-state index in [0.717, 1.165) is 10.6 Å². The van der Waals surface area contributed by atoms with E-state index >= 15 is 0 Å². The number of nitrogens with one attached hydrogen (secondary N) is 1. The molecule has 0 aliphatic heterocycles.